The number of nitrogens with one attached hydrogen (secondary N) is 1. The number of hydrogen-bond acceptors (Lipinski definition) is 7. The number of fused-ring (bicyclic) bond motifs is 1. The molecule has 1 N–H and O–H groups in total. The van der Waals surface area contributed by atoms with Gasteiger partial charge in [-0.1, -0.05) is 6.07 Å². The number of rotatable bonds is 4. The maximum atomic E-state index is 12.5. The summed E-state index contributed by atoms with van der Waals surface area (Å²) in [6.07, 6.45) is 5.38. The molecule has 132 valence electrons. The predicted molar refractivity (Wildman–Crippen MR) is 99.6 cm³/mol. The van der Waals surface area contributed by atoms with Crippen molar-refractivity contribution in [3.63, 3.8) is 0 Å². The molecular formula is C18H18N6OS. The van der Waals surface area contributed by atoms with Gasteiger partial charge in [-0.05, 0) is 43.5 Å². The maximum Gasteiger partial charge on any atom is 0.280 e. The largest absolute Gasteiger partial charge is 0.346 e. The molecule has 8 heteroatoms. The Labute approximate surface area is 155 Å². The van der Waals surface area contributed by atoms with Crippen molar-refractivity contribution in [3.05, 3.63) is 57.8 Å². The monoisotopic (exact) mass is 366 g/mol. The molecule has 0 saturated carbocycles. The first-order chi connectivity index (χ1) is 12.7. The van der Waals surface area contributed by atoms with Crippen LogP contribution in [-0.4, -0.2) is 32.6 Å². The Hall–Kier alpha value is -2.87. The van der Waals surface area contributed by atoms with E-state index in [4.69, 9.17) is 0 Å². The van der Waals surface area contributed by atoms with Crippen molar-refractivity contribution in [1.82, 2.24) is 25.5 Å². The lowest BCUT2D eigenvalue weighted by molar-refractivity contribution is 0.0950. The first kappa shape index (κ1) is 16.6. The smallest absolute Gasteiger partial charge is 0.280 e. The minimum atomic E-state index is -0.164. The lowest BCUT2D eigenvalue weighted by Crippen LogP contribution is -2.26. The van der Waals surface area contributed by atoms with E-state index < -0.39 is 0 Å². The molecular weight excluding hydrogens is 348 g/mol. The van der Waals surface area contributed by atoms with E-state index in [1.54, 1.807) is 12.4 Å². The van der Waals surface area contributed by atoms with Gasteiger partial charge in [-0.2, -0.15) is 5.10 Å². The summed E-state index contributed by atoms with van der Waals surface area (Å²) in [5.74, 6) is 1.43. The number of thiazole rings is 1. The van der Waals surface area contributed by atoms with Gasteiger partial charge in [0.2, 0.25) is 0 Å². The quantitative estimate of drug-likeness (QED) is 0.764. The second-order valence-electron chi connectivity index (χ2n) is 6.10. The molecule has 4 heterocycles. The first-order valence-electron chi connectivity index (χ1n) is 8.45. The summed E-state index contributed by atoms with van der Waals surface area (Å²) in [5, 5.41) is 11.8. The maximum absolute atomic E-state index is 12.5. The molecule has 1 aliphatic rings. The Balaban J connectivity index is 1.53. The molecule has 3 aromatic heterocycles. The third-order valence-electron chi connectivity index (χ3n) is 4.15. The van der Waals surface area contributed by atoms with Crippen molar-refractivity contribution in [2.75, 3.05) is 11.4 Å². The molecule has 0 aromatic carbocycles. The Bertz CT molecular complexity index is 909. The number of aryl methyl sites for hydroxylation is 2. The molecule has 4 rings (SSSR count). The van der Waals surface area contributed by atoms with Gasteiger partial charge in [-0.15, -0.1) is 16.4 Å². The fourth-order valence-electron chi connectivity index (χ4n) is 2.84. The van der Waals surface area contributed by atoms with Crippen LogP contribution in [0.25, 0.3) is 0 Å². The van der Waals surface area contributed by atoms with E-state index in [0.717, 1.165) is 47.2 Å². The van der Waals surface area contributed by atoms with Crippen LogP contribution in [0.1, 0.15) is 32.4 Å². The molecule has 0 spiro atoms. The van der Waals surface area contributed by atoms with Crippen molar-refractivity contribution in [2.45, 2.75) is 26.3 Å². The highest BCUT2D eigenvalue weighted by atomic mass is 32.1. The highest BCUT2D eigenvalue weighted by Crippen LogP contribution is 2.35. The van der Waals surface area contributed by atoms with Crippen molar-refractivity contribution < 1.29 is 4.79 Å². The number of amides is 1. The number of anilines is 2. The van der Waals surface area contributed by atoms with E-state index in [-0.39, 0.29) is 5.91 Å². The van der Waals surface area contributed by atoms with Gasteiger partial charge in [0.25, 0.3) is 5.91 Å². The number of aromatic nitrogens is 4. The second-order valence-corrected chi connectivity index (χ2v) is 7.18. The molecule has 26 heavy (non-hydrogen) atoms. The molecule has 0 atom stereocenters. The molecule has 0 bridgehead atoms. The van der Waals surface area contributed by atoms with Crippen LogP contribution in [0, 0.1) is 6.92 Å². The number of carbonyl (C=O) groups excluding carboxylic acids is 1. The first-order valence-corrected chi connectivity index (χ1v) is 9.27. The van der Waals surface area contributed by atoms with Crippen LogP contribution >= 0.6 is 11.3 Å². The van der Waals surface area contributed by atoms with E-state index in [0.29, 0.717) is 11.6 Å². The van der Waals surface area contributed by atoms with E-state index >= 15 is 0 Å². The second kappa shape index (κ2) is 7.17. The zero-order chi connectivity index (χ0) is 17.9. The van der Waals surface area contributed by atoms with Crippen LogP contribution in [0.5, 0.6) is 0 Å². The van der Waals surface area contributed by atoms with Crippen LogP contribution in [0.2, 0.25) is 0 Å². The van der Waals surface area contributed by atoms with Crippen LogP contribution in [0.3, 0.4) is 0 Å². The molecule has 1 aliphatic heterocycles. The molecule has 0 saturated heterocycles. The molecule has 3 aromatic rings. The molecule has 0 aliphatic carbocycles. The molecule has 1 amide bonds. The summed E-state index contributed by atoms with van der Waals surface area (Å²) in [5.41, 5.74) is 1.83. The zero-order valence-corrected chi connectivity index (χ0v) is 15.2. The Morgan fingerprint density at radius 1 is 1.31 bits per heavy atom. The van der Waals surface area contributed by atoms with Gasteiger partial charge in [0, 0.05) is 30.4 Å². The van der Waals surface area contributed by atoms with Gasteiger partial charge in [0.1, 0.15) is 5.82 Å². The third kappa shape index (κ3) is 3.41. The third-order valence-corrected chi connectivity index (χ3v) is 5.25. The van der Waals surface area contributed by atoms with Crippen molar-refractivity contribution in [1.29, 1.82) is 0 Å². The average Bonchev–Trinajstić information content (AvgIpc) is 3.12. The summed E-state index contributed by atoms with van der Waals surface area (Å²) in [6.45, 7) is 3.17. The molecule has 0 radical (unpaired) electrons. The average molecular weight is 366 g/mol. The summed E-state index contributed by atoms with van der Waals surface area (Å²) in [7, 11) is 0. The Morgan fingerprint density at radius 3 is 3.00 bits per heavy atom. The highest BCUT2D eigenvalue weighted by molar-refractivity contribution is 7.14. The fourth-order valence-corrected chi connectivity index (χ4v) is 3.86. The van der Waals surface area contributed by atoms with Crippen LogP contribution in [0.4, 0.5) is 11.6 Å². The SMILES string of the molecule is Cc1ccc(N2CCCc3sc(C(=O)NCc4cccnc4)nc32)nn1. The molecule has 0 fully saturated rings. The van der Waals surface area contributed by atoms with E-state index in [9.17, 15) is 4.79 Å². The Morgan fingerprint density at radius 2 is 2.23 bits per heavy atom. The zero-order valence-electron chi connectivity index (χ0n) is 14.3. The fraction of sp³-hybridized carbons (Fsp3) is 0.278. The van der Waals surface area contributed by atoms with Crippen molar-refractivity contribution >= 4 is 28.9 Å². The number of hydrogen-bond donors (Lipinski definition) is 1. The predicted octanol–water partition coefficient (Wildman–Crippen LogP) is 2.65. The standard InChI is InChI=1S/C18H18N6OS/c1-12-6-7-15(23-22-12)24-9-3-5-14-16(24)21-18(26-14)17(25)20-11-13-4-2-8-19-10-13/h2,4,6-8,10H,3,5,9,11H2,1H3,(H,20,25). The van der Waals surface area contributed by atoms with E-state index in [1.807, 2.05) is 36.1 Å². The number of nitrogens with zero attached hydrogens (tertiary/aromatic N) is 5. The van der Waals surface area contributed by atoms with Crippen LogP contribution < -0.4 is 10.2 Å². The minimum Gasteiger partial charge on any atom is -0.346 e. The van der Waals surface area contributed by atoms with Gasteiger partial charge in [0.05, 0.1) is 5.69 Å². The topological polar surface area (TPSA) is 83.9 Å². The number of pyridine rings is 1. The van der Waals surface area contributed by atoms with Gasteiger partial charge in [0.15, 0.2) is 10.8 Å². The van der Waals surface area contributed by atoms with Crippen molar-refractivity contribution in [3.8, 4) is 0 Å². The number of carbonyl (C=O) groups is 1. The van der Waals surface area contributed by atoms with E-state index in [1.165, 1.54) is 11.3 Å². The van der Waals surface area contributed by atoms with Crippen LogP contribution in [-0.2, 0) is 13.0 Å². The van der Waals surface area contributed by atoms with Gasteiger partial charge in [-0.25, -0.2) is 4.98 Å². The lowest BCUT2D eigenvalue weighted by atomic mass is 10.2. The van der Waals surface area contributed by atoms with Gasteiger partial charge in [-0.3, -0.25) is 9.78 Å². The normalized spacial score (nSPS) is 13.3. The van der Waals surface area contributed by atoms with Crippen molar-refractivity contribution in [2.24, 2.45) is 0 Å². The Kier molecular flexibility index (Phi) is 4.57. The van der Waals surface area contributed by atoms with Gasteiger partial charge < -0.3 is 10.2 Å². The lowest BCUT2D eigenvalue weighted by Gasteiger charge is -2.25. The summed E-state index contributed by atoms with van der Waals surface area (Å²) < 4.78 is 0. The molecule has 0 unspecified atom stereocenters. The molecule has 7 nitrogen and oxygen atoms in total. The summed E-state index contributed by atoms with van der Waals surface area (Å²) in [4.78, 5) is 24.3. The summed E-state index contributed by atoms with van der Waals surface area (Å²) >= 11 is 1.45. The van der Waals surface area contributed by atoms with E-state index in [2.05, 4.69) is 25.5 Å². The van der Waals surface area contributed by atoms with Gasteiger partial charge >= 0.3 is 0 Å². The van der Waals surface area contributed by atoms with Crippen LogP contribution in [0.15, 0.2) is 36.7 Å². The highest BCUT2D eigenvalue weighted by Gasteiger charge is 2.26. The summed E-state index contributed by atoms with van der Waals surface area (Å²) in [6, 6.07) is 7.66. The minimum absolute atomic E-state index is 0.164.